The predicted octanol–water partition coefficient (Wildman–Crippen LogP) is 5.41. The lowest BCUT2D eigenvalue weighted by Crippen LogP contribution is -2.10. The zero-order valence-corrected chi connectivity index (χ0v) is 16.5. The van der Waals surface area contributed by atoms with Crippen LogP contribution < -0.4 is 4.74 Å². The van der Waals surface area contributed by atoms with Crippen LogP contribution in [0.1, 0.15) is 38.8 Å². The molecule has 0 atom stereocenters. The van der Waals surface area contributed by atoms with E-state index in [1.165, 1.54) is 6.07 Å². The average molecular weight is 396 g/mol. The first-order valence-electron chi connectivity index (χ1n) is 9.72. The molecule has 0 radical (unpaired) electrons. The summed E-state index contributed by atoms with van der Waals surface area (Å²) in [4.78, 5) is 26.9. The van der Waals surface area contributed by atoms with Gasteiger partial charge in [-0.1, -0.05) is 72.8 Å². The molecule has 0 aliphatic carbocycles. The van der Waals surface area contributed by atoms with Crippen LogP contribution in [-0.2, 0) is 0 Å². The number of ketones is 2. The summed E-state index contributed by atoms with van der Waals surface area (Å²) in [5.41, 5.74) is 1.28. The van der Waals surface area contributed by atoms with E-state index in [1.54, 1.807) is 66.7 Å². The third-order valence-corrected chi connectivity index (χ3v) is 4.95. The number of rotatable bonds is 6. The monoisotopic (exact) mass is 396 g/mol. The van der Waals surface area contributed by atoms with E-state index in [1.807, 2.05) is 19.1 Å². The molecule has 0 bridgehead atoms. The first-order chi connectivity index (χ1) is 14.6. The SMILES string of the molecule is CCOc1ccc2ccc(O)c(C(=O)c3ccccc3)c2c1C(=O)c1ccccc1. The number of hydrogen-bond acceptors (Lipinski definition) is 4. The Morgan fingerprint density at radius 2 is 1.27 bits per heavy atom. The second-order valence-corrected chi connectivity index (χ2v) is 6.82. The fraction of sp³-hybridized carbons (Fsp3) is 0.0769. The first kappa shape index (κ1) is 19.4. The molecule has 0 fully saturated rings. The van der Waals surface area contributed by atoms with Crippen LogP contribution >= 0.6 is 0 Å². The van der Waals surface area contributed by atoms with Gasteiger partial charge in [0, 0.05) is 16.5 Å². The van der Waals surface area contributed by atoms with Crippen molar-refractivity contribution in [2.75, 3.05) is 6.61 Å². The van der Waals surface area contributed by atoms with E-state index in [9.17, 15) is 14.7 Å². The van der Waals surface area contributed by atoms with Crippen molar-refractivity contribution in [2.45, 2.75) is 6.92 Å². The lowest BCUT2D eigenvalue weighted by Gasteiger charge is -2.16. The molecule has 0 heterocycles. The lowest BCUT2D eigenvalue weighted by atomic mass is 9.89. The largest absolute Gasteiger partial charge is 0.507 e. The van der Waals surface area contributed by atoms with E-state index >= 15 is 0 Å². The zero-order valence-electron chi connectivity index (χ0n) is 16.5. The van der Waals surface area contributed by atoms with Crippen molar-refractivity contribution in [1.29, 1.82) is 0 Å². The molecule has 0 aliphatic rings. The third-order valence-electron chi connectivity index (χ3n) is 4.95. The van der Waals surface area contributed by atoms with E-state index in [4.69, 9.17) is 4.74 Å². The van der Waals surface area contributed by atoms with Crippen LogP contribution in [0.15, 0.2) is 84.9 Å². The van der Waals surface area contributed by atoms with E-state index in [0.717, 1.165) is 0 Å². The van der Waals surface area contributed by atoms with Gasteiger partial charge in [-0.2, -0.15) is 0 Å². The standard InChI is InChI=1S/C26H20O4/c1-2-30-21-16-14-17-13-15-20(27)23(25(28)18-9-5-3-6-10-18)22(17)24(21)26(29)19-11-7-4-8-12-19/h3-16,27H,2H2,1H3. The van der Waals surface area contributed by atoms with Crippen LogP contribution in [0, 0.1) is 0 Å². The second-order valence-electron chi connectivity index (χ2n) is 6.82. The lowest BCUT2D eigenvalue weighted by molar-refractivity contribution is 0.103. The van der Waals surface area contributed by atoms with Crippen LogP contribution in [0.4, 0.5) is 0 Å². The van der Waals surface area contributed by atoms with Crippen molar-refractivity contribution in [3.8, 4) is 11.5 Å². The Balaban J connectivity index is 2.05. The maximum atomic E-state index is 13.5. The zero-order chi connectivity index (χ0) is 21.1. The van der Waals surface area contributed by atoms with Crippen LogP contribution in [0.25, 0.3) is 10.8 Å². The quantitative estimate of drug-likeness (QED) is 0.443. The molecular weight excluding hydrogens is 376 g/mol. The van der Waals surface area contributed by atoms with Crippen LogP contribution in [0.3, 0.4) is 0 Å². The minimum Gasteiger partial charge on any atom is -0.507 e. The molecule has 148 valence electrons. The highest BCUT2D eigenvalue weighted by Gasteiger charge is 2.25. The first-order valence-corrected chi connectivity index (χ1v) is 9.72. The second kappa shape index (κ2) is 8.21. The van der Waals surface area contributed by atoms with Crippen LogP contribution in [0.5, 0.6) is 11.5 Å². The highest BCUT2D eigenvalue weighted by molar-refractivity contribution is 6.26. The molecule has 0 aliphatic heterocycles. The van der Waals surface area contributed by atoms with Gasteiger partial charge in [0.2, 0.25) is 0 Å². The average Bonchev–Trinajstić information content (AvgIpc) is 2.79. The van der Waals surface area contributed by atoms with Crippen molar-refractivity contribution < 1.29 is 19.4 Å². The number of benzene rings is 4. The molecule has 1 N–H and O–H groups in total. The van der Waals surface area contributed by atoms with Crippen molar-refractivity contribution in [3.05, 3.63) is 107 Å². The highest BCUT2D eigenvalue weighted by Crippen LogP contribution is 2.37. The number of hydrogen-bond donors (Lipinski definition) is 1. The maximum absolute atomic E-state index is 13.5. The number of ether oxygens (including phenoxy) is 1. The van der Waals surface area contributed by atoms with Crippen molar-refractivity contribution in [2.24, 2.45) is 0 Å². The Hall–Kier alpha value is -3.92. The topological polar surface area (TPSA) is 63.6 Å². The molecular formula is C26H20O4. The summed E-state index contributed by atoms with van der Waals surface area (Å²) in [6.45, 7) is 2.20. The molecule has 0 amide bonds. The van der Waals surface area contributed by atoms with Crippen molar-refractivity contribution >= 4 is 22.3 Å². The van der Waals surface area contributed by atoms with Gasteiger partial charge in [-0.3, -0.25) is 9.59 Å². The Kier molecular flexibility index (Phi) is 5.31. The number of phenols is 1. The van der Waals surface area contributed by atoms with Gasteiger partial charge >= 0.3 is 0 Å². The van der Waals surface area contributed by atoms with Gasteiger partial charge in [-0.25, -0.2) is 0 Å². The number of carbonyl (C=O) groups is 2. The van der Waals surface area contributed by atoms with E-state index in [0.29, 0.717) is 34.3 Å². The van der Waals surface area contributed by atoms with Gasteiger partial charge in [0.25, 0.3) is 0 Å². The number of fused-ring (bicyclic) bond motifs is 1. The van der Waals surface area contributed by atoms with Crippen LogP contribution in [0.2, 0.25) is 0 Å². The fourth-order valence-electron chi connectivity index (χ4n) is 3.59. The minimum atomic E-state index is -0.352. The van der Waals surface area contributed by atoms with Gasteiger partial charge in [0.1, 0.15) is 11.5 Å². The Morgan fingerprint density at radius 3 is 1.83 bits per heavy atom. The molecule has 0 spiro atoms. The van der Waals surface area contributed by atoms with E-state index < -0.39 is 0 Å². The van der Waals surface area contributed by atoms with Gasteiger partial charge in [0.05, 0.1) is 17.7 Å². The molecule has 4 nitrogen and oxygen atoms in total. The van der Waals surface area contributed by atoms with E-state index in [2.05, 4.69) is 0 Å². The van der Waals surface area contributed by atoms with E-state index in [-0.39, 0.29) is 28.4 Å². The Bertz CT molecular complexity index is 1230. The van der Waals surface area contributed by atoms with Gasteiger partial charge in [0.15, 0.2) is 11.6 Å². The number of aromatic hydroxyl groups is 1. The molecule has 4 heteroatoms. The van der Waals surface area contributed by atoms with Crippen molar-refractivity contribution in [3.63, 3.8) is 0 Å². The summed E-state index contributed by atoms with van der Waals surface area (Å²) in [5, 5.41) is 11.7. The third kappa shape index (κ3) is 3.44. The van der Waals surface area contributed by atoms with Crippen molar-refractivity contribution in [1.82, 2.24) is 0 Å². The summed E-state index contributed by atoms with van der Waals surface area (Å²) in [7, 11) is 0. The van der Waals surface area contributed by atoms with Gasteiger partial charge in [-0.15, -0.1) is 0 Å². The smallest absolute Gasteiger partial charge is 0.197 e. The van der Waals surface area contributed by atoms with Crippen LogP contribution in [-0.4, -0.2) is 23.3 Å². The predicted molar refractivity (Wildman–Crippen MR) is 117 cm³/mol. The molecule has 4 rings (SSSR count). The fourth-order valence-corrected chi connectivity index (χ4v) is 3.59. The minimum absolute atomic E-state index is 0.0968. The van der Waals surface area contributed by atoms with Gasteiger partial charge < -0.3 is 9.84 Å². The summed E-state index contributed by atoms with van der Waals surface area (Å²) in [5.74, 6) is -0.412. The molecule has 0 unspecified atom stereocenters. The van der Waals surface area contributed by atoms with Gasteiger partial charge in [-0.05, 0) is 24.4 Å². The summed E-state index contributed by atoms with van der Waals surface area (Å²) < 4.78 is 5.75. The molecule has 0 saturated carbocycles. The Labute approximate surface area is 174 Å². The summed E-state index contributed by atoms with van der Waals surface area (Å²) >= 11 is 0. The maximum Gasteiger partial charge on any atom is 0.197 e. The number of carbonyl (C=O) groups excluding carboxylic acids is 2. The summed E-state index contributed by atoms with van der Waals surface area (Å²) in [6.07, 6.45) is 0. The summed E-state index contributed by atoms with van der Waals surface area (Å²) in [6, 6.07) is 24.3. The highest BCUT2D eigenvalue weighted by atomic mass is 16.5. The molecule has 30 heavy (non-hydrogen) atoms. The molecule has 0 aromatic heterocycles. The Morgan fingerprint density at radius 1 is 0.733 bits per heavy atom. The molecule has 4 aromatic rings. The molecule has 4 aromatic carbocycles. The molecule has 0 saturated heterocycles. The number of phenolic OH excluding ortho intramolecular Hbond substituents is 1. The normalized spacial score (nSPS) is 10.7.